The molecule has 0 bridgehead atoms. The standard InChI is InChI=1S/C10H13N2O/c1-6-8-7(12-11-6)4-5-10(2,3)9(8)13/h4-5H2,1-3H3. The summed E-state index contributed by atoms with van der Waals surface area (Å²) in [4.78, 5) is 11.9. The van der Waals surface area contributed by atoms with Gasteiger partial charge in [-0.1, -0.05) is 13.8 Å². The molecule has 2 aliphatic rings. The Morgan fingerprint density at radius 1 is 1.38 bits per heavy atom. The highest BCUT2D eigenvalue weighted by Crippen LogP contribution is 2.37. The van der Waals surface area contributed by atoms with Crippen molar-refractivity contribution in [2.75, 3.05) is 0 Å². The maximum atomic E-state index is 11.9. The molecule has 0 saturated carbocycles. The second kappa shape index (κ2) is 2.44. The molecule has 0 aromatic heterocycles. The Morgan fingerprint density at radius 3 is 2.77 bits per heavy atom. The third-order valence-corrected chi connectivity index (χ3v) is 2.80. The zero-order valence-electron chi connectivity index (χ0n) is 8.22. The zero-order chi connectivity index (χ0) is 9.64. The van der Waals surface area contributed by atoms with Gasteiger partial charge in [0.15, 0.2) is 5.78 Å². The minimum atomic E-state index is -0.227. The first-order chi connectivity index (χ1) is 6.02. The van der Waals surface area contributed by atoms with Gasteiger partial charge >= 0.3 is 0 Å². The Hall–Kier alpha value is -1.12. The average Bonchev–Trinajstić information content (AvgIpc) is 2.41. The summed E-state index contributed by atoms with van der Waals surface area (Å²) in [5.41, 5.74) is 6.22. The van der Waals surface area contributed by atoms with E-state index in [4.69, 9.17) is 0 Å². The summed E-state index contributed by atoms with van der Waals surface area (Å²) >= 11 is 0. The summed E-state index contributed by atoms with van der Waals surface area (Å²) in [6.45, 7) is 5.83. The number of ketones is 1. The molecule has 0 saturated heterocycles. The predicted molar refractivity (Wildman–Crippen MR) is 50.3 cm³/mol. The van der Waals surface area contributed by atoms with E-state index in [1.807, 2.05) is 20.8 Å². The average molecular weight is 177 g/mol. The molecule has 0 amide bonds. The van der Waals surface area contributed by atoms with Crippen LogP contribution in [0.3, 0.4) is 0 Å². The number of Topliss-reactive ketones (excluding diaryl/α,β-unsaturated/α-hetero) is 1. The zero-order valence-corrected chi connectivity index (χ0v) is 8.22. The summed E-state index contributed by atoms with van der Waals surface area (Å²) in [6, 6.07) is 0. The lowest BCUT2D eigenvalue weighted by atomic mass is 9.74. The summed E-state index contributed by atoms with van der Waals surface area (Å²) in [5.74, 6) is 0.205. The molecule has 3 nitrogen and oxygen atoms in total. The molecule has 1 radical (unpaired) electrons. The molecular weight excluding hydrogens is 164 g/mol. The van der Waals surface area contributed by atoms with Gasteiger partial charge in [0.25, 0.3) is 0 Å². The van der Waals surface area contributed by atoms with Gasteiger partial charge in [0.05, 0.1) is 17.0 Å². The number of allylic oxidation sites excluding steroid dienone is 2. The quantitative estimate of drug-likeness (QED) is 0.554. The second-order valence-corrected chi connectivity index (χ2v) is 4.32. The maximum absolute atomic E-state index is 11.9. The van der Waals surface area contributed by atoms with Gasteiger partial charge in [-0.3, -0.25) is 4.79 Å². The Labute approximate surface area is 77.9 Å². The first kappa shape index (κ1) is 8.48. The van der Waals surface area contributed by atoms with Crippen LogP contribution >= 0.6 is 0 Å². The largest absolute Gasteiger partial charge is 0.293 e. The van der Waals surface area contributed by atoms with Crippen molar-refractivity contribution in [3.8, 4) is 0 Å². The van der Waals surface area contributed by atoms with Gasteiger partial charge in [0.1, 0.15) is 0 Å². The highest BCUT2D eigenvalue weighted by Gasteiger charge is 2.39. The minimum Gasteiger partial charge on any atom is -0.293 e. The monoisotopic (exact) mass is 177 g/mol. The molecule has 69 valence electrons. The fraction of sp³-hybridized carbons (Fsp3) is 0.600. The van der Waals surface area contributed by atoms with E-state index in [0.717, 1.165) is 29.8 Å². The molecule has 13 heavy (non-hydrogen) atoms. The number of rotatable bonds is 0. The van der Waals surface area contributed by atoms with E-state index < -0.39 is 0 Å². The van der Waals surface area contributed by atoms with Crippen LogP contribution < -0.4 is 5.43 Å². The molecule has 3 heteroatoms. The van der Waals surface area contributed by atoms with E-state index >= 15 is 0 Å². The van der Waals surface area contributed by atoms with E-state index in [2.05, 4.69) is 10.5 Å². The number of hydrogen-bond donors (Lipinski definition) is 0. The van der Waals surface area contributed by atoms with Crippen molar-refractivity contribution >= 4 is 11.5 Å². The molecule has 2 rings (SSSR count). The van der Waals surface area contributed by atoms with Crippen molar-refractivity contribution in [1.29, 1.82) is 0 Å². The van der Waals surface area contributed by atoms with Gasteiger partial charge < -0.3 is 0 Å². The molecule has 1 aliphatic heterocycles. The lowest BCUT2D eigenvalue weighted by Gasteiger charge is -2.27. The van der Waals surface area contributed by atoms with Gasteiger partial charge in [-0.05, 0) is 19.8 Å². The number of nitrogens with zero attached hydrogens (tertiary/aromatic N) is 2. The molecule has 0 aromatic rings. The van der Waals surface area contributed by atoms with Gasteiger partial charge in [0, 0.05) is 5.41 Å². The minimum absolute atomic E-state index is 0.205. The lowest BCUT2D eigenvalue weighted by Crippen LogP contribution is -2.32. The molecule has 0 N–H and O–H groups in total. The summed E-state index contributed by atoms with van der Waals surface area (Å²) in [5, 5.41) is 3.94. The molecule has 0 unspecified atom stereocenters. The number of hydrogen-bond acceptors (Lipinski definition) is 2. The molecule has 0 atom stereocenters. The van der Waals surface area contributed by atoms with Crippen LogP contribution in [-0.2, 0) is 4.79 Å². The van der Waals surface area contributed by atoms with Crippen molar-refractivity contribution in [2.24, 2.45) is 10.5 Å². The third-order valence-electron chi connectivity index (χ3n) is 2.80. The Balaban J connectivity index is 2.44. The van der Waals surface area contributed by atoms with E-state index in [-0.39, 0.29) is 11.2 Å². The fourth-order valence-electron chi connectivity index (χ4n) is 1.80. The van der Waals surface area contributed by atoms with E-state index in [9.17, 15) is 4.79 Å². The van der Waals surface area contributed by atoms with E-state index in [1.54, 1.807) is 0 Å². The predicted octanol–water partition coefficient (Wildman–Crippen LogP) is 1.62. The Morgan fingerprint density at radius 2 is 2.08 bits per heavy atom. The third kappa shape index (κ3) is 1.10. The van der Waals surface area contributed by atoms with Crippen molar-refractivity contribution in [3.05, 3.63) is 11.3 Å². The Bertz CT molecular complexity index is 337. The number of carbonyl (C=O) groups excluding carboxylic acids is 1. The van der Waals surface area contributed by atoms with E-state index in [1.165, 1.54) is 0 Å². The van der Waals surface area contributed by atoms with Crippen LogP contribution in [0, 0.1) is 5.41 Å². The van der Waals surface area contributed by atoms with Crippen molar-refractivity contribution in [2.45, 2.75) is 33.6 Å². The molecule has 0 aromatic carbocycles. The van der Waals surface area contributed by atoms with Crippen LogP contribution in [0.2, 0.25) is 0 Å². The molecule has 1 aliphatic carbocycles. The van der Waals surface area contributed by atoms with Crippen LogP contribution in [0.15, 0.2) is 16.4 Å². The van der Waals surface area contributed by atoms with Gasteiger partial charge in [0.2, 0.25) is 0 Å². The summed E-state index contributed by atoms with van der Waals surface area (Å²) < 4.78 is 0. The normalized spacial score (nSPS) is 25.5. The van der Waals surface area contributed by atoms with Crippen molar-refractivity contribution in [1.82, 2.24) is 5.43 Å². The number of carbonyl (C=O) groups is 1. The lowest BCUT2D eigenvalue weighted by molar-refractivity contribution is -0.123. The molecule has 0 fully saturated rings. The van der Waals surface area contributed by atoms with Crippen LogP contribution in [0.25, 0.3) is 0 Å². The van der Waals surface area contributed by atoms with Crippen LogP contribution in [-0.4, -0.2) is 11.5 Å². The highest BCUT2D eigenvalue weighted by atomic mass is 16.1. The van der Waals surface area contributed by atoms with Crippen LogP contribution in [0.4, 0.5) is 0 Å². The van der Waals surface area contributed by atoms with Crippen molar-refractivity contribution < 1.29 is 4.79 Å². The van der Waals surface area contributed by atoms with Crippen LogP contribution in [0.5, 0.6) is 0 Å². The fourth-order valence-corrected chi connectivity index (χ4v) is 1.80. The highest BCUT2D eigenvalue weighted by molar-refractivity contribution is 6.24. The summed E-state index contributed by atoms with van der Waals surface area (Å²) in [7, 11) is 0. The second-order valence-electron chi connectivity index (χ2n) is 4.32. The van der Waals surface area contributed by atoms with Crippen LogP contribution in [0.1, 0.15) is 33.6 Å². The Kier molecular flexibility index (Phi) is 1.59. The first-order valence-electron chi connectivity index (χ1n) is 4.56. The van der Waals surface area contributed by atoms with Crippen molar-refractivity contribution in [3.63, 3.8) is 0 Å². The summed E-state index contributed by atoms with van der Waals surface area (Å²) in [6.07, 6.45) is 1.77. The van der Waals surface area contributed by atoms with Gasteiger partial charge in [-0.25, -0.2) is 0 Å². The van der Waals surface area contributed by atoms with E-state index in [0.29, 0.717) is 0 Å². The topological polar surface area (TPSA) is 43.5 Å². The first-order valence-corrected chi connectivity index (χ1v) is 4.56. The van der Waals surface area contributed by atoms with Gasteiger partial charge in [-0.2, -0.15) is 10.5 Å². The SMILES string of the molecule is CC1=N[N]C2=C1C(=O)C(C)(C)CC2. The molecule has 0 spiro atoms. The molecule has 1 heterocycles. The smallest absolute Gasteiger partial charge is 0.172 e. The maximum Gasteiger partial charge on any atom is 0.172 e. The van der Waals surface area contributed by atoms with Gasteiger partial charge in [-0.15, -0.1) is 0 Å². The molecular formula is C10H13N2O.